The summed E-state index contributed by atoms with van der Waals surface area (Å²) in [7, 11) is 0. The van der Waals surface area contributed by atoms with Gasteiger partial charge in [-0.05, 0) is 24.3 Å². The number of nitrogens with one attached hydrogen (secondary N) is 2. The Kier molecular flexibility index (Phi) is 5.32. The van der Waals surface area contributed by atoms with Crippen LogP contribution in [0.3, 0.4) is 0 Å². The van der Waals surface area contributed by atoms with Crippen molar-refractivity contribution in [3.63, 3.8) is 0 Å². The van der Waals surface area contributed by atoms with E-state index < -0.39 is 18.0 Å². The molecule has 4 rings (SSSR count). The van der Waals surface area contributed by atoms with E-state index in [4.69, 9.17) is 0 Å². The van der Waals surface area contributed by atoms with Crippen LogP contribution in [0.15, 0.2) is 54.9 Å². The van der Waals surface area contributed by atoms with Crippen LogP contribution in [0, 0.1) is 5.92 Å². The fraction of sp³-hybridized carbons (Fsp3) is 0.200. The van der Waals surface area contributed by atoms with Gasteiger partial charge in [0.25, 0.3) is 0 Å². The number of alkyl halides is 3. The first-order valence-electron chi connectivity index (χ1n) is 9.21. The van der Waals surface area contributed by atoms with Crippen molar-refractivity contribution < 1.29 is 27.5 Å². The second kappa shape index (κ2) is 8.09. The Morgan fingerprint density at radius 1 is 1.19 bits per heavy atom. The standard InChI is InChI=1S/C20H16F3N5O3/c21-20(22,23)31-16-6-2-5-15(9-16)28-10-13(8-17(28)29)19(30)26-14-4-1-3-12(7-14)18-24-11-25-27-18/h1-7,9,11,13H,8,10H2,(H,26,30)(H,24,25,27). The average Bonchev–Trinajstić information content (AvgIpc) is 3.37. The number of carbonyl (C=O) groups is 2. The molecule has 0 saturated carbocycles. The summed E-state index contributed by atoms with van der Waals surface area (Å²) in [6, 6.07) is 12.1. The van der Waals surface area contributed by atoms with E-state index >= 15 is 0 Å². The van der Waals surface area contributed by atoms with Crippen molar-refractivity contribution in [2.75, 3.05) is 16.8 Å². The lowest BCUT2D eigenvalue weighted by Gasteiger charge is -2.18. The van der Waals surface area contributed by atoms with Crippen molar-refractivity contribution in [2.45, 2.75) is 12.8 Å². The highest BCUT2D eigenvalue weighted by Crippen LogP contribution is 2.31. The zero-order chi connectivity index (χ0) is 22.0. The Hall–Kier alpha value is -3.89. The van der Waals surface area contributed by atoms with Crippen LogP contribution < -0.4 is 15.0 Å². The minimum absolute atomic E-state index is 0.0436. The largest absolute Gasteiger partial charge is 0.573 e. The molecular formula is C20H16F3N5O3. The van der Waals surface area contributed by atoms with E-state index in [1.54, 1.807) is 24.3 Å². The van der Waals surface area contributed by atoms with Gasteiger partial charge in [0.15, 0.2) is 5.82 Å². The minimum Gasteiger partial charge on any atom is -0.406 e. The maximum Gasteiger partial charge on any atom is 0.573 e. The third kappa shape index (κ3) is 4.82. The van der Waals surface area contributed by atoms with E-state index in [1.807, 2.05) is 0 Å². The van der Waals surface area contributed by atoms with E-state index in [-0.39, 0.29) is 30.5 Å². The summed E-state index contributed by atoms with van der Waals surface area (Å²) >= 11 is 0. The molecule has 11 heteroatoms. The van der Waals surface area contributed by atoms with Gasteiger partial charge in [-0.2, -0.15) is 5.10 Å². The number of aromatic amines is 1. The Morgan fingerprint density at radius 2 is 2.00 bits per heavy atom. The quantitative estimate of drug-likeness (QED) is 0.645. The van der Waals surface area contributed by atoms with Crippen LogP contribution in [0.2, 0.25) is 0 Å². The van der Waals surface area contributed by atoms with Gasteiger partial charge in [-0.1, -0.05) is 18.2 Å². The number of halogens is 3. The Labute approximate surface area is 174 Å². The first-order chi connectivity index (χ1) is 14.8. The summed E-state index contributed by atoms with van der Waals surface area (Å²) < 4.78 is 41.3. The molecule has 1 aromatic heterocycles. The van der Waals surface area contributed by atoms with Crippen LogP contribution in [-0.2, 0) is 9.59 Å². The first kappa shape index (κ1) is 20.4. The number of hydrogen-bond donors (Lipinski definition) is 2. The Bertz CT molecular complexity index is 1100. The maximum absolute atomic E-state index is 12.7. The summed E-state index contributed by atoms with van der Waals surface area (Å²) in [5.41, 5.74) is 1.47. The minimum atomic E-state index is -4.84. The summed E-state index contributed by atoms with van der Waals surface area (Å²) in [6.07, 6.45) is -3.53. The van der Waals surface area contributed by atoms with Crippen LogP contribution in [0.1, 0.15) is 6.42 Å². The van der Waals surface area contributed by atoms with Gasteiger partial charge in [0, 0.05) is 36.0 Å². The van der Waals surface area contributed by atoms with Gasteiger partial charge in [0.1, 0.15) is 12.1 Å². The number of benzene rings is 2. The molecule has 0 bridgehead atoms. The molecule has 2 amide bonds. The highest BCUT2D eigenvalue weighted by atomic mass is 19.4. The molecule has 1 atom stereocenters. The van der Waals surface area contributed by atoms with Crippen molar-refractivity contribution >= 4 is 23.2 Å². The molecule has 0 spiro atoms. The average molecular weight is 431 g/mol. The molecule has 31 heavy (non-hydrogen) atoms. The summed E-state index contributed by atoms with van der Waals surface area (Å²) in [5.74, 6) is -1.28. The number of hydrogen-bond acceptors (Lipinski definition) is 5. The van der Waals surface area contributed by atoms with Crippen LogP contribution in [0.5, 0.6) is 5.75 Å². The zero-order valence-corrected chi connectivity index (χ0v) is 15.9. The lowest BCUT2D eigenvalue weighted by Crippen LogP contribution is -2.28. The number of nitrogens with zero attached hydrogens (tertiary/aromatic N) is 3. The van der Waals surface area contributed by atoms with Gasteiger partial charge < -0.3 is 15.0 Å². The molecule has 1 aliphatic heterocycles. The van der Waals surface area contributed by atoms with E-state index in [0.717, 1.165) is 17.7 Å². The van der Waals surface area contributed by atoms with E-state index in [9.17, 15) is 22.8 Å². The predicted molar refractivity (Wildman–Crippen MR) is 104 cm³/mol. The SMILES string of the molecule is O=C(Nc1cccc(-c2ncn[nH]2)c1)C1CC(=O)N(c2cccc(OC(F)(F)F)c2)C1. The molecule has 160 valence electrons. The molecule has 1 saturated heterocycles. The Morgan fingerprint density at radius 3 is 2.74 bits per heavy atom. The number of anilines is 2. The molecule has 3 aromatic rings. The van der Waals surface area contributed by atoms with Crippen molar-refractivity contribution in [1.82, 2.24) is 15.2 Å². The fourth-order valence-corrected chi connectivity index (χ4v) is 3.31. The van der Waals surface area contributed by atoms with Crippen molar-refractivity contribution in [2.24, 2.45) is 5.92 Å². The van der Waals surface area contributed by atoms with Crippen LogP contribution in [0.4, 0.5) is 24.5 Å². The second-order valence-corrected chi connectivity index (χ2v) is 6.85. The second-order valence-electron chi connectivity index (χ2n) is 6.85. The van der Waals surface area contributed by atoms with Crippen molar-refractivity contribution in [3.8, 4) is 17.1 Å². The summed E-state index contributed by atoms with van der Waals surface area (Å²) in [5, 5.41) is 9.29. The lowest BCUT2D eigenvalue weighted by atomic mass is 10.1. The number of carbonyl (C=O) groups excluding carboxylic acids is 2. The van der Waals surface area contributed by atoms with E-state index in [2.05, 4.69) is 25.2 Å². The van der Waals surface area contributed by atoms with Crippen LogP contribution >= 0.6 is 0 Å². The van der Waals surface area contributed by atoms with Gasteiger partial charge in [-0.25, -0.2) is 4.98 Å². The third-order valence-corrected chi connectivity index (χ3v) is 4.68. The summed E-state index contributed by atoms with van der Waals surface area (Å²) in [6.45, 7) is 0.0436. The number of aromatic nitrogens is 3. The topological polar surface area (TPSA) is 100 Å². The normalized spacial score (nSPS) is 16.4. The number of H-pyrrole nitrogens is 1. The lowest BCUT2D eigenvalue weighted by molar-refractivity contribution is -0.274. The van der Waals surface area contributed by atoms with Crippen molar-refractivity contribution in [1.29, 1.82) is 0 Å². The van der Waals surface area contributed by atoms with Gasteiger partial charge in [0.2, 0.25) is 11.8 Å². The monoisotopic (exact) mass is 431 g/mol. The third-order valence-electron chi connectivity index (χ3n) is 4.68. The van der Waals surface area contributed by atoms with Crippen LogP contribution in [0.25, 0.3) is 11.4 Å². The van der Waals surface area contributed by atoms with E-state index in [0.29, 0.717) is 11.5 Å². The zero-order valence-electron chi connectivity index (χ0n) is 15.9. The first-order valence-corrected chi connectivity index (χ1v) is 9.21. The number of ether oxygens (including phenoxy) is 1. The molecule has 1 fully saturated rings. The maximum atomic E-state index is 12.7. The predicted octanol–water partition coefficient (Wildman–Crippen LogP) is 3.36. The summed E-state index contributed by atoms with van der Waals surface area (Å²) in [4.78, 5) is 30.4. The molecule has 1 unspecified atom stereocenters. The number of amides is 2. The van der Waals surface area contributed by atoms with Crippen molar-refractivity contribution in [3.05, 3.63) is 54.9 Å². The van der Waals surface area contributed by atoms with Gasteiger partial charge in [-0.3, -0.25) is 14.7 Å². The highest BCUT2D eigenvalue weighted by molar-refractivity contribution is 6.03. The van der Waals surface area contributed by atoms with Gasteiger partial charge >= 0.3 is 6.36 Å². The molecule has 2 heterocycles. The van der Waals surface area contributed by atoms with Gasteiger partial charge in [0.05, 0.1) is 5.92 Å². The smallest absolute Gasteiger partial charge is 0.406 e. The molecule has 8 nitrogen and oxygen atoms in total. The van der Waals surface area contributed by atoms with Gasteiger partial charge in [-0.15, -0.1) is 13.2 Å². The molecule has 0 radical (unpaired) electrons. The highest BCUT2D eigenvalue weighted by Gasteiger charge is 2.36. The van der Waals surface area contributed by atoms with E-state index in [1.165, 1.54) is 23.4 Å². The fourth-order valence-electron chi connectivity index (χ4n) is 3.31. The molecule has 1 aliphatic rings. The Balaban J connectivity index is 1.44. The van der Waals surface area contributed by atoms with Crippen LogP contribution in [-0.4, -0.2) is 39.9 Å². The number of rotatable bonds is 5. The molecular weight excluding hydrogens is 415 g/mol. The molecule has 2 aromatic carbocycles. The molecule has 2 N–H and O–H groups in total. The molecule has 0 aliphatic carbocycles.